The molecule has 0 saturated carbocycles. The van der Waals surface area contributed by atoms with E-state index in [9.17, 15) is 0 Å². The fourth-order valence-electron chi connectivity index (χ4n) is 1.93. The lowest BCUT2D eigenvalue weighted by molar-refractivity contribution is 0.205. The van der Waals surface area contributed by atoms with Crippen LogP contribution in [0, 0.1) is 0 Å². The van der Waals surface area contributed by atoms with Gasteiger partial charge >= 0.3 is 0 Å². The van der Waals surface area contributed by atoms with Crippen LogP contribution in [-0.4, -0.2) is 38.8 Å². The zero-order valence-electron chi connectivity index (χ0n) is 13.0. The van der Waals surface area contributed by atoms with Crippen LogP contribution in [0.4, 0.5) is 5.13 Å². The second-order valence-corrected chi connectivity index (χ2v) is 6.68. The van der Waals surface area contributed by atoms with Crippen LogP contribution in [0.2, 0.25) is 0 Å². The number of likely N-dealkylation sites (N-methyl/N-ethyl adjacent to an activating group) is 1. The zero-order chi connectivity index (χ0) is 14.5. The Labute approximate surface area is 121 Å². The predicted octanol–water partition coefficient (Wildman–Crippen LogP) is 2.63. The number of ether oxygens (including phenoxy) is 1. The van der Waals surface area contributed by atoms with Crippen molar-refractivity contribution in [3.8, 4) is 0 Å². The van der Waals surface area contributed by atoms with Crippen LogP contribution in [0.3, 0.4) is 0 Å². The molecule has 19 heavy (non-hydrogen) atoms. The molecule has 0 amide bonds. The number of nitrogens with zero attached hydrogens (tertiary/aromatic N) is 2. The summed E-state index contributed by atoms with van der Waals surface area (Å²) in [4.78, 5) is 8.49. The Morgan fingerprint density at radius 1 is 1.37 bits per heavy atom. The topological polar surface area (TPSA) is 37.4 Å². The summed E-state index contributed by atoms with van der Waals surface area (Å²) in [6.45, 7) is 12.3. The van der Waals surface area contributed by atoms with Crippen LogP contribution in [0.25, 0.3) is 0 Å². The van der Waals surface area contributed by atoms with Crippen LogP contribution in [0.5, 0.6) is 0 Å². The first-order valence-corrected chi connectivity index (χ1v) is 7.64. The third-order valence-electron chi connectivity index (χ3n) is 2.95. The standard InChI is InChI=1S/C14H27N3OS/c1-7-17(8-9-18-6)13-16-12(14(2,3)4)11(19-13)10-15-5/h15H,7-10H2,1-6H3. The molecule has 110 valence electrons. The minimum absolute atomic E-state index is 0.0849. The van der Waals surface area contributed by atoms with Gasteiger partial charge in [-0.05, 0) is 14.0 Å². The van der Waals surface area contributed by atoms with Crippen molar-refractivity contribution >= 4 is 16.5 Å². The van der Waals surface area contributed by atoms with Gasteiger partial charge in [0.05, 0.1) is 12.3 Å². The van der Waals surface area contributed by atoms with Crippen molar-refractivity contribution in [2.24, 2.45) is 0 Å². The fourth-order valence-corrected chi connectivity index (χ4v) is 3.30. The third kappa shape index (κ3) is 4.44. The SMILES string of the molecule is CCN(CCOC)c1nc(C(C)(C)C)c(CNC)s1. The van der Waals surface area contributed by atoms with Crippen LogP contribution in [0.1, 0.15) is 38.3 Å². The molecule has 0 saturated heterocycles. The molecule has 0 aliphatic rings. The van der Waals surface area contributed by atoms with Gasteiger partial charge in [0.1, 0.15) is 0 Å². The zero-order valence-corrected chi connectivity index (χ0v) is 13.9. The molecule has 0 unspecified atom stereocenters. The van der Waals surface area contributed by atoms with Crippen molar-refractivity contribution in [2.75, 3.05) is 38.8 Å². The minimum Gasteiger partial charge on any atom is -0.383 e. The summed E-state index contributed by atoms with van der Waals surface area (Å²) < 4.78 is 5.17. The van der Waals surface area contributed by atoms with Crippen molar-refractivity contribution in [3.05, 3.63) is 10.6 Å². The summed E-state index contributed by atoms with van der Waals surface area (Å²) in [6.07, 6.45) is 0. The summed E-state index contributed by atoms with van der Waals surface area (Å²) in [5, 5.41) is 4.34. The summed E-state index contributed by atoms with van der Waals surface area (Å²) in [5.74, 6) is 0. The summed E-state index contributed by atoms with van der Waals surface area (Å²) in [6, 6.07) is 0. The maximum Gasteiger partial charge on any atom is 0.185 e. The lowest BCUT2D eigenvalue weighted by Gasteiger charge is -2.20. The Hall–Kier alpha value is -0.650. The lowest BCUT2D eigenvalue weighted by Crippen LogP contribution is -2.27. The molecule has 0 bridgehead atoms. The molecule has 0 spiro atoms. The first-order chi connectivity index (χ1) is 8.93. The number of rotatable bonds is 7. The molecule has 0 radical (unpaired) electrons. The van der Waals surface area contributed by atoms with Gasteiger partial charge in [0.25, 0.3) is 0 Å². The van der Waals surface area contributed by atoms with Gasteiger partial charge in [-0.15, -0.1) is 11.3 Å². The molecule has 4 nitrogen and oxygen atoms in total. The maximum atomic E-state index is 5.17. The highest BCUT2D eigenvalue weighted by atomic mass is 32.1. The van der Waals surface area contributed by atoms with Crippen LogP contribution >= 0.6 is 11.3 Å². The van der Waals surface area contributed by atoms with Gasteiger partial charge in [0.2, 0.25) is 0 Å². The van der Waals surface area contributed by atoms with E-state index in [1.165, 1.54) is 10.6 Å². The third-order valence-corrected chi connectivity index (χ3v) is 4.07. The van der Waals surface area contributed by atoms with Gasteiger partial charge in [-0.2, -0.15) is 0 Å². The molecule has 0 aliphatic heterocycles. The van der Waals surface area contributed by atoms with Crippen LogP contribution < -0.4 is 10.2 Å². The number of anilines is 1. The Morgan fingerprint density at radius 3 is 2.53 bits per heavy atom. The Balaban J connectivity index is 3.01. The highest BCUT2D eigenvalue weighted by Gasteiger charge is 2.24. The van der Waals surface area contributed by atoms with Crippen molar-refractivity contribution in [1.82, 2.24) is 10.3 Å². The van der Waals surface area contributed by atoms with E-state index in [0.29, 0.717) is 0 Å². The smallest absolute Gasteiger partial charge is 0.185 e. The molecule has 0 atom stereocenters. The largest absolute Gasteiger partial charge is 0.383 e. The number of hydrogen-bond donors (Lipinski definition) is 1. The van der Waals surface area contributed by atoms with Crippen LogP contribution in [-0.2, 0) is 16.7 Å². The number of aromatic nitrogens is 1. The van der Waals surface area contributed by atoms with Gasteiger partial charge in [0, 0.05) is 37.0 Å². The van der Waals surface area contributed by atoms with Crippen molar-refractivity contribution in [3.63, 3.8) is 0 Å². The van der Waals surface area contributed by atoms with E-state index in [2.05, 4.69) is 37.9 Å². The number of methoxy groups -OCH3 is 1. The first-order valence-electron chi connectivity index (χ1n) is 6.82. The maximum absolute atomic E-state index is 5.17. The van der Waals surface area contributed by atoms with E-state index >= 15 is 0 Å². The highest BCUT2D eigenvalue weighted by Crippen LogP contribution is 2.33. The molecule has 0 aromatic carbocycles. The fraction of sp³-hybridized carbons (Fsp3) is 0.786. The number of hydrogen-bond acceptors (Lipinski definition) is 5. The molecule has 1 rings (SSSR count). The summed E-state index contributed by atoms with van der Waals surface area (Å²) in [7, 11) is 3.72. The van der Waals surface area contributed by atoms with Crippen LogP contribution in [0.15, 0.2) is 0 Å². The molecule has 1 heterocycles. The molecule has 0 aliphatic carbocycles. The Kier molecular flexibility index (Phi) is 6.23. The van der Waals surface area contributed by atoms with Gasteiger partial charge in [-0.25, -0.2) is 4.98 Å². The average molecular weight is 285 g/mol. The average Bonchev–Trinajstić information content (AvgIpc) is 2.74. The van der Waals surface area contributed by atoms with Gasteiger partial charge in [0.15, 0.2) is 5.13 Å². The molecule has 0 fully saturated rings. The Morgan fingerprint density at radius 2 is 2.05 bits per heavy atom. The van der Waals surface area contributed by atoms with E-state index in [1.807, 2.05) is 7.05 Å². The van der Waals surface area contributed by atoms with Crippen molar-refractivity contribution in [2.45, 2.75) is 39.7 Å². The minimum atomic E-state index is 0.0849. The summed E-state index contributed by atoms with van der Waals surface area (Å²) in [5.41, 5.74) is 1.29. The molecule has 5 heteroatoms. The number of thiazole rings is 1. The molecular weight excluding hydrogens is 258 g/mol. The highest BCUT2D eigenvalue weighted by molar-refractivity contribution is 7.15. The van der Waals surface area contributed by atoms with Gasteiger partial charge in [-0.3, -0.25) is 0 Å². The van der Waals surface area contributed by atoms with Crippen molar-refractivity contribution < 1.29 is 4.74 Å². The van der Waals surface area contributed by atoms with E-state index in [1.54, 1.807) is 18.4 Å². The van der Waals surface area contributed by atoms with Gasteiger partial charge in [-0.1, -0.05) is 20.8 Å². The first kappa shape index (κ1) is 16.4. The van der Waals surface area contributed by atoms with E-state index in [-0.39, 0.29) is 5.41 Å². The van der Waals surface area contributed by atoms with E-state index < -0.39 is 0 Å². The second-order valence-electron chi connectivity index (χ2n) is 5.62. The van der Waals surface area contributed by atoms with E-state index in [4.69, 9.17) is 9.72 Å². The molecule has 1 N–H and O–H groups in total. The predicted molar refractivity (Wildman–Crippen MR) is 83.3 cm³/mol. The Bertz CT molecular complexity index is 385. The molecular formula is C14H27N3OS. The second kappa shape index (κ2) is 7.22. The monoisotopic (exact) mass is 285 g/mol. The van der Waals surface area contributed by atoms with E-state index in [0.717, 1.165) is 31.4 Å². The number of nitrogens with one attached hydrogen (secondary N) is 1. The summed E-state index contributed by atoms with van der Waals surface area (Å²) >= 11 is 1.79. The lowest BCUT2D eigenvalue weighted by atomic mass is 9.91. The molecule has 1 aromatic heterocycles. The van der Waals surface area contributed by atoms with Crippen molar-refractivity contribution in [1.29, 1.82) is 0 Å². The molecule has 1 aromatic rings. The van der Waals surface area contributed by atoms with Gasteiger partial charge < -0.3 is 15.0 Å². The quantitative estimate of drug-likeness (QED) is 0.835. The normalized spacial score (nSPS) is 11.9.